The van der Waals surface area contributed by atoms with E-state index in [0.717, 1.165) is 12.1 Å². The van der Waals surface area contributed by atoms with Crippen molar-refractivity contribution < 1.29 is 31.5 Å². The van der Waals surface area contributed by atoms with Gasteiger partial charge in [0.1, 0.15) is 0 Å². The van der Waals surface area contributed by atoms with Gasteiger partial charge in [0.15, 0.2) is 9.84 Å². The van der Waals surface area contributed by atoms with Crippen LogP contribution in [0.5, 0.6) is 0 Å². The quantitative estimate of drug-likeness (QED) is 0.895. The fraction of sp³-hybridized carbons (Fsp3) is 0.300. The normalized spacial score (nSPS) is 12.4. The first-order valence-electron chi connectivity index (χ1n) is 4.85. The number of sulfone groups is 1. The number of hydrogen-bond donors (Lipinski definition) is 1. The minimum absolute atomic E-state index is 0.267. The highest BCUT2D eigenvalue weighted by Gasteiger charge is 2.32. The van der Waals surface area contributed by atoms with E-state index in [4.69, 9.17) is 5.11 Å². The van der Waals surface area contributed by atoms with Gasteiger partial charge in [-0.1, -0.05) is 15.9 Å². The van der Waals surface area contributed by atoms with E-state index in [1.165, 1.54) is 6.07 Å². The Morgan fingerprint density at radius 2 is 1.89 bits per heavy atom. The molecule has 1 rings (SSSR count). The molecule has 0 fully saturated rings. The van der Waals surface area contributed by atoms with Crippen molar-refractivity contribution in [1.29, 1.82) is 0 Å². The van der Waals surface area contributed by atoms with E-state index in [1.807, 2.05) is 0 Å². The maximum absolute atomic E-state index is 12.1. The molecule has 1 aromatic carbocycles. The first-order chi connectivity index (χ1) is 8.53. The van der Waals surface area contributed by atoms with Gasteiger partial charge in [-0.05, 0) is 18.2 Å². The smallest absolute Gasteiger partial charge is 0.390 e. The molecule has 0 aliphatic rings. The molecule has 4 nitrogen and oxygen atoms in total. The van der Waals surface area contributed by atoms with Crippen molar-refractivity contribution in [3.8, 4) is 0 Å². The number of carboxylic acids is 1. The van der Waals surface area contributed by atoms with Crippen LogP contribution in [-0.2, 0) is 9.84 Å². The summed E-state index contributed by atoms with van der Waals surface area (Å²) in [5.41, 5.74) is -0.551. The molecule has 19 heavy (non-hydrogen) atoms. The molecule has 0 bridgehead atoms. The Balaban J connectivity index is 3.21. The molecule has 0 saturated heterocycles. The van der Waals surface area contributed by atoms with Crippen LogP contribution in [0.1, 0.15) is 16.8 Å². The number of carbonyl (C=O) groups is 1. The van der Waals surface area contributed by atoms with Gasteiger partial charge in [-0.3, -0.25) is 0 Å². The summed E-state index contributed by atoms with van der Waals surface area (Å²) in [5.74, 6) is -2.70. The lowest BCUT2D eigenvalue weighted by Gasteiger charge is -2.10. The minimum Gasteiger partial charge on any atom is -0.478 e. The van der Waals surface area contributed by atoms with Crippen molar-refractivity contribution in [2.45, 2.75) is 17.5 Å². The SMILES string of the molecule is O=C(O)c1ccc(Br)cc1S(=O)(=O)CCC(F)(F)F. The van der Waals surface area contributed by atoms with Crippen molar-refractivity contribution in [3.05, 3.63) is 28.2 Å². The van der Waals surface area contributed by atoms with Gasteiger partial charge in [0.25, 0.3) is 0 Å². The second kappa shape index (κ2) is 5.49. The van der Waals surface area contributed by atoms with E-state index in [2.05, 4.69) is 15.9 Å². The molecule has 0 spiro atoms. The summed E-state index contributed by atoms with van der Waals surface area (Å²) < 4.78 is 60.0. The zero-order valence-electron chi connectivity index (χ0n) is 9.24. The molecule has 1 N–H and O–H groups in total. The zero-order valence-corrected chi connectivity index (χ0v) is 11.6. The van der Waals surface area contributed by atoms with Crippen LogP contribution in [0, 0.1) is 0 Å². The number of halogens is 4. The Morgan fingerprint density at radius 1 is 1.32 bits per heavy atom. The number of carboxylic acid groups (broad SMARTS) is 1. The van der Waals surface area contributed by atoms with Crippen LogP contribution in [-0.4, -0.2) is 31.4 Å². The Bertz CT molecular complexity index is 595. The van der Waals surface area contributed by atoms with Crippen LogP contribution in [0.25, 0.3) is 0 Å². The average Bonchev–Trinajstić information content (AvgIpc) is 2.25. The third-order valence-corrected chi connectivity index (χ3v) is 4.41. The van der Waals surface area contributed by atoms with Crippen LogP contribution < -0.4 is 0 Å². The lowest BCUT2D eigenvalue weighted by Crippen LogP contribution is -2.18. The Kier molecular flexibility index (Phi) is 4.62. The molecule has 0 saturated carbocycles. The molecule has 0 heterocycles. The molecule has 1 aromatic rings. The monoisotopic (exact) mass is 360 g/mol. The third kappa shape index (κ3) is 4.50. The van der Waals surface area contributed by atoms with Crippen molar-refractivity contribution in [3.63, 3.8) is 0 Å². The van der Waals surface area contributed by atoms with Gasteiger partial charge in [0.05, 0.1) is 22.6 Å². The molecular weight excluding hydrogens is 353 g/mol. The molecule has 106 valence electrons. The number of aromatic carboxylic acids is 1. The Labute approximate surface area is 115 Å². The summed E-state index contributed by atoms with van der Waals surface area (Å²) in [6.45, 7) is 0. The fourth-order valence-electron chi connectivity index (χ4n) is 1.29. The molecule has 9 heteroatoms. The Morgan fingerprint density at radius 3 is 2.37 bits per heavy atom. The summed E-state index contributed by atoms with van der Waals surface area (Å²) in [7, 11) is -4.32. The van der Waals surface area contributed by atoms with E-state index in [9.17, 15) is 26.4 Å². The summed E-state index contributed by atoms with van der Waals surface area (Å²) in [4.78, 5) is 10.3. The average molecular weight is 361 g/mol. The van der Waals surface area contributed by atoms with E-state index in [-0.39, 0.29) is 4.47 Å². The highest BCUT2D eigenvalue weighted by atomic mass is 79.9. The zero-order chi connectivity index (χ0) is 14.8. The van der Waals surface area contributed by atoms with Crippen molar-refractivity contribution in [2.75, 3.05) is 5.75 Å². The maximum atomic E-state index is 12.1. The summed E-state index contributed by atoms with van der Waals surface area (Å²) in [6, 6.07) is 3.30. The molecule has 0 amide bonds. The lowest BCUT2D eigenvalue weighted by atomic mass is 10.2. The molecule has 0 aliphatic carbocycles. The number of alkyl halides is 3. The summed E-state index contributed by atoms with van der Waals surface area (Å²) in [5, 5.41) is 8.85. The van der Waals surface area contributed by atoms with E-state index < -0.39 is 44.6 Å². The lowest BCUT2D eigenvalue weighted by molar-refractivity contribution is -0.129. The van der Waals surface area contributed by atoms with Gasteiger partial charge in [-0.15, -0.1) is 0 Å². The maximum Gasteiger partial charge on any atom is 0.390 e. The second-order valence-electron chi connectivity index (χ2n) is 3.63. The van der Waals surface area contributed by atoms with E-state index in [0.29, 0.717) is 0 Å². The van der Waals surface area contributed by atoms with Crippen LogP contribution >= 0.6 is 15.9 Å². The van der Waals surface area contributed by atoms with Crippen LogP contribution in [0.15, 0.2) is 27.6 Å². The molecule has 0 radical (unpaired) electrons. The van der Waals surface area contributed by atoms with Gasteiger partial charge in [-0.25, -0.2) is 13.2 Å². The highest BCUT2D eigenvalue weighted by Crippen LogP contribution is 2.26. The van der Waals surface area contributed by atoms with Crippen LogP contribution in [0.3, 0.4) is 0 Å². The standard InChI is InChI=1S/C10H8BrF3O4S/c11-6-1-2-7(9(15)16)8(5-6)19(17,18)4-3-10(12,13)14/h1-2,5H,3-4H2,(H,15,16). The molecule has 0 aliphatic heterocycles. The number of hydrogen-bond acceptors (Lipinski definition) is 3. The van der Waals surface area contributed by atoms with Gasteiger partial charge in [0.2, 0.25) is 0 Å². The van der Waals surface area contributed by atoms with Gasteiger partial charge in [0, 0.05) is 4.47 Å². The van der Waals surface area contributed by atoms with E-state index >= 15 is 0 Å². The summed E-state index contributed by atoms with van der Waals surface area (Å²) >= 11 is 2.95. The van der Waals surface area contributed by atoms with Crippen LogP contribution in [0.2, 0.25) is 0 Å². The largest absolute Gasteiger partial charge is 0.478 e. The van der Waals surface area contributed by atoms with Crippen molar-refractivity contribution in [2.24, 2.45) is 0 Å². The first kappa shape index (κ1) is 16.0. The second-order valence-corrected chi connectivity index (χ2v) is 6.62. The topological polar surface area (TPSA) is 71.4 Å². The number of rotatable bonds is 4. The molecular formula is C10H8BrF3O4S. The summed E-state index contributed by atoms with van der Waals surface area (Å²) in [6.07, 6.45) is -6.15. The van der Waals surface area contributed by atoms with Gasteiger partial charge < -0.3 is 5.11 Å². The van der Waals surface area contributed by atoms with Gasteiger partial charge in [-0.2, -0.15) is 13.2 Å². The molecule has 0 atom stereocenters. The molecule has 0 aromatic heterocycles. The predicted octanol–water partition coefficient (Wildman–Crippen LogP) is 2.87. The van der Waals surface area contributed by atoms with Gasteiger partial charge >= 0.3 is 12.1 Å². The highest BCUT2D eigenvalue weighted by molar-refractivity contribution is 9.10. The number of benzene rings is 1. The fourth-order valence-corrected chi connectivity index (χ4v) is 3.32. The van der Waals surface area contributed by atoms with Crippen LogP contribution in [0.4, 0.5) is 13.2 Å². The van der Waals surface area contributed by atoms with E-state index in [1.54, 1.807) is 0 Å². The molecule has 0 unspecified atom stereocenters. The van der Waals surface area contributed by atoms with Crippen molar-refractivity contribution >= 4 is 31.7 Å². The third-order valence-electron chi connectivity index (χ3n) is 2.16. The first-order valence-corrected chi connectivity index (χ1v) is 7.30. The van der Waals surface area contributed by atoms with Crippen molar-refractivity contribution in [1.82, 2.24) is 0 Å². The Hall–Kier alpha value is -1.09. The minimum atomic E-state index is -4.62. The predicted molar refractivity (Wildman–Crippen MR) is 63.8 cm³/mol.